The van der Waals surface area contributed by atoms with Gasteiger partial charge >= 0.3 is 0 Å². The number of hydrogen-bond donors (Lipinski definition) is 0. The number of aryl methyl sites for hydroxylation is 1. The van der Waals surface area contributed by atoms with E-state index in [1.807, 2.05) is 38.4 Å². The average molecular weight is 433 g/mol. The molecule has 0 unspecified atom stereocenters. The van der Waals surface area contributed by atoms with Crippen LogP contribution in [0.3, 0.4) is 0 Å². The van der Waals surface area contributed by atoms with Crippen molar-refractivity contribution in [1.82, 2.24) is 4.57 Å². The van der Waals surface area contributed by atoms with Crippen molar-refractivity contribution in [1.29, 1.82) is 0 Å². The molecule has 1 aromatic heterocycles. The summed E-state index contributed by atoms with van der Waals surface area (Å²) in [5, 5.41) is 1.07. The fourth-order valence-electron chi connectivity index (χ4n) is 4.43. The second-order valence-corrected chi connectivity index (χ2v) is 10.1. The normalized spacial score (nSPS) is 11.8. The molecule has 3 aromatic carbocycles. The molecule has 1 heterocycles. The van der Waals surface area contributed by atoms with Crippen LogP contribution in [-0.2, 0) is 16.4 Å². The first-order chi connectivity index (χ1) is 14.7. The number of para-hydroxylation sites is 1. The minimum absolute atomic E-state index is 0.365. The Morgan fingerprint density at radius 1 is 0.871 bits per heavy atom. The van der Waals surface area contributed by atoms with Gasteiger partial charge in [-0.25, -0.2) is 8.42 Å². The predicted octanol–water partition coefficient (Wildman–Crippen LogP) is 5.77. The van der Waals surface area contributed by atoms with E-state index >= 15 is 0 Å². The Morgan fingerprint density at radius 3 is 2.16 bits per heavy atom. The molecule has 4 rings (SSSR count). The molecule has 0 saturated heterocycles. The van der Waals surface area contributed by atoms with Crippen molar-refractivity contribution in [2.75, 3.05) is 25.3 Å². The quantitative estimate of drug-likeness (QED) is 0.402. The second kappa shape index (κ2) is 7.89. The smallest absolute Gasteiger partial charge is 0.176 e. The molecule has 0 bridgehead atoms. The topological polar surface area (TPSA) is 42.3 Å². The lowest BCUT2D eigenvalue weighted by Crippen LogP contribution is -2.08. The molecular formula is C26H28N2O2S. The number of fused-ring (bicyclic) bond motifs is 1. The van der Waals surface area contributed by atoms with E-state index in [0.29, 0.717) is 4.90 Å². The summed E-state index contributed by atoms with van der Waals surface area (Å²) in [6.07, 6.45) is 1.29. The van der Waals surface area contributed by atoms with Crippen LogP contribution in [0.25, 0.3) is 33.2 Å². The maximum Gasteiger partial charge on any atom is 0.176 e. The highest BCUT2D eigenvalue weighted by atomic mass is 32.2. The van der Waals surface area contributed by atoms with Crippen molar-refractivity contribution in [3.8, 4) is 22.3 Å². The molecule has 5 heteroatoms. The zero-order valence-corrected chi connectivity index (χ0v) is 19.5. The Bertz CT molecular complexity index is 1360. The summed E-state index contributed by atoms with van der Waals surface area (Å²) in [6, 6.07) is 22.1. The molecule has 0 fully saturated rings. The van der Waals surface area contributed by atoms with Gasteiger partial charge in [0.15, 0.2) is 9.84 Å². The minimum atomic E-state index is -3.43. The third-order valence-corrected chi connectivity index (χ3v) is 7.06. The Hall–Kier alpha value is -3.05. The van der Waals surface area contributed by atoms with Crippen molar-refractivity contribution >= 4 is 26.4 Å². The van der Waals surface area contributed by atoms with E-state index in [4.69, 9.17) is 0 Å². The van der Waals surface area contributed by atoms with Gasteiger partial charge in [-0.2, -0.15) is 0 Å². The van der Waals surface area contributed by atoms with E-state index in [0.717, 1.165) is 51.1 Å². The first-order valence-corrected chi connectivity index (χ1v) is 12.3. The van der Waals surface area contributed by atoms with E-state index in [-0.39, 0.29) is 0 Å². The van der Waals surface area contributed by atoms with Crippen molar-refractivity contribution < 1.29 is 8.42 Å². The lowest BCUT2D eigenvalue weighted by atomic mass is 9.92. The first kappa shape index (κ1) is 21.2. The Labute approximate surface area is 184 Å². The molecule has 0 spiro atoms. The summed E-state index contributed by atoms with van der Waals surface area (Å²) in [4.78, 5) is 2.42. The number of rotatable bonds is 5. The molecule has 31 heavy (non-hydrogen) atoms. The largest absolute Gasteiger partial charge is 0.378 e. The van der Waals surface area contributed by atoms with Crippen LogP contribution >= 0.6 is 0 Å². The van der Waals surface area contributed by atoms with Gasteiger partial charge in [0.1, 0.15) is 0 Å². The van der Waals surface area contributed by atoms with Gasteiger partial charge in [-0.05, 0) is 49.2 Å². The van der Waals surface area contributed by atoms with Gasteiger partial charge in [-0.1, -0.05) is 42.5 Å². The van der Waals surface area contributed by atoms with Crippen LogP contribution in [0, 0.1) is 6.92 Å². The molecular weight excluding hydrogens is 404 g/mol. The lowest BCUT2D eigenvalue weighted by molar-refractivity contribution is 0.602. The van der Waals surface area contributed by atoms with Crippen LogP contribution in [-0.4, -0.2) is 33.3 Å². The van der Waals surface area contributed by atoms with Gasteiger partial charge in [-0.15, -0.1) is 0 Å². The SMILES string of the molecule is CCn1c(C)c(-c2c(-c3ccc(N(C)C)cc3)cccc2S(C)(=O)=O)c2ccccc21. The summed E-state index contributed by atoms with van der Waals surface area (Å²) in [6.45, 7) is 5.02. The van der Waals surface area contributed by atoms with Crippen LogP contribution in [0.5, 0.6) is 0 Å². The van der Waals surface area contributed by atoms with Crippen molar-refractivity contribution in [2.24, 2.45) is 0 Å². The van der Waals surface area contributed by atoms with E-state index in [2.05, 4.69) is 59.7 Å². The van der Waals surface area contributed by atoms with Crippen molar-refractivity contribution in [3.05, 3.63) is 72.4 Å². The summed E-state index contributed by atoms with van der Waals surface area (Å²) < 4.78 is 28.0. The molecule has 4 aromatic rings. The Kier molecular flexibility index (Phi) is 5.40. The summed E-state index contributed by atoms with van der Waals surface area (Å²) in [7, 11) is 0.581. The molecule has 0 aliphatic heterocycles. The number of sulfone groups is 1. The Balaban J connectivity index is 2.11. The summed E-state index contributed by atoms with van der Waals surface area (Å²) in [5.41, 5.74) is 6.99. The van der Waals surface area contributed by atoms with Gasteiger partial charge in [0.2, 0.25) is 0 Å². The molecule has 0 radical (unpaired) electrons. The highest BCUT2D eigenvalue weighted by Crippen LogP contribution is 2.43. The zero-order valence-electron chi connectivity index (χ0n) is 18.7. The highest BCUT2D eigenvalue weighted by molar-refractivity contribution is 7.90. The number of nitrogens with zero attached hydrogens (tertiary/aromatic N) is 2. The summed E-state index contributed by atoms with van der Waals surface area (Å²) >= 11 is 0. The van der Waals surface area contributed by atoms with Crippen LogP contribution in [0.4, 0.5) is 5.69 Å². The van der Waals surface area contributed by atoms with E-state index in [1.165, 1.54) is 6.26 Å². The number of aromatic nitrogens is 1. The zero-order chi connectivity index (χ0) is 22.3. The third kappa shape index (κ3) is 3.63. The Morgan fingerprint density at radius 2 is 1.55 bits per heavy atom. The van der Waals surface area contributed by atoms with E-state index in [1.54, 1.807) is 6.07 Å². The summed E-state index contributed by atoms with van der Waals surface area (Å²) in [5.74, 6) is 0. The monoisotopic (exact) mass is 432 g/mol. The van der Waals surface area contributed by atoms with Crippen LogP contribution in [0.1, 0.15) is 12.6 Å². The minimum Gasteiger partial charge on any atom is -0.378 e. The number of anilines is 1. The molecule has 0 atom stereocenters. The van der Waals surface area contributed by atoms with Gasteiger partial charge < -0.3 is 9.47 Å². The van der Waals surface area contributed by atoms with E-state index < -0.39 is 9.84 Å². The van der Waals surface area contributed by atoms with Crippen LogP contribution in [0.2, 0.25) is 0 Å². The predicted molar refractivity (Wildman–Crippen MR) is 131 cm³/mol. The van der Waals surface area contributed by atoms with Gasteiger partial charge in [0.25, 0.3) is 0 Å². The molecule has 0 aliphatic carbocycles. The molecule has 0 aliphatic rings. The molecule has 0 saturated carbocycles. The molecule has 160 valence electrons. The van der Waals surface area contributed by atoms with E-state index in [9.17, 15) is 8.42 Å². The van der Waals surface area contributed by atoms with Crippen molar-refractivity contribution in [2.45, 2.75) is 25.3 Å². The van der Waals surface area contributed by atoms with Gasteiger partial charge in [0.05, 0.1) is 4.90 Å². The lowest BCUT2D eigenvalue weighted by Gasteiger charge is -2.17. The fourth-order valence-corrected chi connectivity index (χ4v) is 5.34. The molecule has 4 nitrogen and oxygen atoms in total. The van der Waals surface area contributed by atoms with Crippen molar-refractivity contribution in [3.63, 3.8) is 0 Å². The molecule has 0 N–H and O–H groups in total. The standard InChI is InChI=1S/C26H28N2O2S/c1-6-28-18(2)25(22-10-7-8-12-23(22)28)26-21(11-9-13-24(26)31(5,29)30)19-14-16-20(17-15-19)27(3)4/h7-17H,6H2,1-5H3. The molecule has 0 amide bonds. The second-order valence-electron chi connectivity index (χ2n) is 8.11. The van der Waals surface area contributed by atoms with Crippen LogP contribution in [0.15, 0.2) is 71.6 Å². The fraction of sp³-hybridized carbons (Fsp3) is 0.231. The first-order valence-electron chi connectivity index (χ1n) is 10.4. The van der Waals surface area contributed by atoms with Gasteiger partial charge in [0, 0.05) is 60.3 Å². The highest BCUT2D eigenvalue weighted by Gasteiger charge is 2.24. The average Bonchev–Trinajstić information content (AvgIpc) is 3.03. The number of hydrogen-bond acceptors (Lipinski definition) is 3. The maximum atomic E-state index is 12.9. The maximum absolute atomic E-state index is 12.9. The third-order valence-electron chi connectivity index (χ3n) is 5.92. The van der Waals surface area contributed by atoms with Crippen LogP contribution < -0.4 is 4.90 Å². The van der Waals surface area contributed by atoms with Gasteiger partial charge in [-0.3, -0.25) is 0 Å². The number of benzene rings is 3.